The van der Waals surface area contributed by atoms with Gasteiger partial charge in [0.15, 0.2) is 11.5 Å². The molecule has 7 heteroatoms. The minimum absolute atomic E-state index is 0.0599. The Morgan fingerprint density at radius 1 is 0.763 bits per heavy atom. The number of pyridine rings is 1. The first-order valence-electron chi connectivity index (χ1n) is 12.2. The number of aromatic nitrogens is 1. The molecule has 0 saturated carbocycles. The van der Waals surface area contributed by atoms with E-state index in [1.165, 1.54) is 0 Å². The molecule has 5 aromatic rings. The van der Waals surface area contributed by atoms with Crippen molar-refractivity contribution < 1.29 is 23.7 Å². The van der Waals surface area contributed by atoms with Gasteiger partial charge in [-0.15, -0.1) is 0 Å². The minimum Gasteiger partial charge on any atom is -0.496 e. The third-order valence-electron chi connectivity index (χ3n) is 6.34. The number of amides is 1. The van der Waals surface area contributed by atoms with Gasteiger partial charge in [-0.2, -0.15) is 0 Å². The van der Waals surface area contributed by atoms with E-state index < -0.39 is 0 Å². The molecule has 4 aromatic carbocycles. The van der Waals surface area contributed by atoms with Gasteiger partial charge in [0, 0.05) is 29.8 Å². The minimum atomic E-state index is -0.0599. The van der Waals surface area contributed by atoms with Crippen LogP contribution in [0, 0.1) is 0 Å². The fraction of sp³-hybridized carbons (Fsp3) is 0.161. The number of anilines is 1. The highest BCUT2D eigenvalue weighted by atomic mass is 16.5. The number of benzene rings is 4. The second-order valence-corrected chi connectivity index (χ2v) is 8.72. The predicted molar refractivity (Wildman–Crippen MR) is 149 cm³/mol. The molecule has 0 atom stereocenters. The summed E-state index contributed by atoms with van der Waals surface area (Å²) in [6.45, 7) is 0. The molecule has 0 spiro atoms. The normalized spacial score (nSPS) is 10.8. The number of carbonyl (C=O) groups excluding carboxylic acids is 1. The molecule has 192 valence electrons. The highest BCUT2D eigenvalue weighted by Gasteiger charge is 2.12. The van der Waals surface area contributed by atoms with Crippen LogP contribution in [0.3, 0.4) is 0 Å². The lowest BCUT2D eigenvalue weighted by Crippen LogP contribution is -2.12. The van der Waals surface area contributed by atoms with Crippen LogP contribution in [0.2, 0.25) is 0 Å². The molecule has 0 bridgehead atoms. The summed E-state index contributed by atoms with van der Waals surface area (Å²) in [5.41, 5.74) is 2.47. The summed E-state index contributed by atoms with van der Waals surface area (Å²) in [6, 6.07) is 24.9. The molecule has 1 N–H and O–H groups in total. The average molecular weight is 509 g/mol. The van der Waals surface area contributed by atoms with Gasteiger partial charge in [-0.05, 0) is 65.2 Å². The maximum Gasteiger partial charge on any atom is 0.224 e. The zero-order chi connectivity index (χ0) is 26.5. The van der Waals surface area contributed by atoms with Gasteiger partial charge in [-0.25, -0.2) is 0 Å². The van der Waals surface area contributed by atoms with Crippen LogP contribution < -0.4 is 24.3 Å². The van der Waals surface area contributed by atoms with Crippen molar-refractivity contribution in [2.75, 3.05) is 26.6 Å². The lowest BCUT2D eigenvalue weighted by atomic mass is 10.1. The Morgan fingerprint density at radius 2 is 1.53 bits per heavy atom. The highest BCUT2D eigenvalue weighted by Crippen LogP contribution is 2.37. The molecule has 0 radical (unpaired) electrons. The van der Waals surface area contributed by atoms with E-state index in [2.05, 4.69) is 10.3 Å². The summed E-state index contributed by atoms with van der Waals surface area (Å²) in [6.07, 6.45) is 2.65. The largest absolute Gasteiger partial charge is 0.496 e. The maximum atomic E-state index is 12.7. The average Bonchev–Trinajstić information content (AvgIpc) is 2.95. The lowest BCUT2D eigenvalue weighted by molar-refractivity contribution is -0.116. The number of nitrogens with zero attached hydrogens (tertiary/aromatic N) is 1. The Balaban J connectivity index is 1.34. The number of fused-ring (bicyclic) bond motifs is 2. The molecular weight excluding hydrogens is 480 g/mol. The van der Waals surface area contributed by atoms with Crippen LogP contribution in [0.4, 0.5) is 5.69 Å². The van der Waals surface area contributed by atoms with Crippen molar-refractivity contribution in [3.8, 4) is 28.7 Å². The fourth-order valence-electron chi connectivity index (χ4n) is 4.41. The SMILES string of the molecule is COc1ccccc1CCC(=O)Nc1ccc2ccc(Oc3ccnc4cc(OC)c(OC)cc34)cc2c1. The van der Waals surface area contributed by atoms with Crippen molar-refractivity contribution >= 4 is 33.3 Å². The van der Waals surface area contributed by atoms with Crippen LogP contribution in [-0.2, 0) is 11.2 Å². The first-order chi connectivity index (χ1) is 18.6. The first kappa shape index (κ1) is 24.9. The highest BCUT2D eigenvalue weighted by molar-refractivity contribution is 5.95. The third-order valence-corrected chi connectivity index (χ3v) is 6.34. The summed E-state index contributed by atoms with van der Waals surface area (Å²) >= 11 is 0. The standard InChI is InChI=1S/C31H28N2O5/c1-35-27-7-5-4-6-21(27)10-13-31(34)33-23-11-8-20-9-12-24(17-22(20)16-23)38-28-14-15-32-26-19-30(37-3)29(36-2)18-25(26)28/h4-9,11-12,14-19H,10,13H2,1-3H3,(H,33,34). The Kier molecular flexibility index (Phi) is 7.26. The van der Waals surface area contributed by atoms with Gasteiger partial charge in [-0.3, -0.25) is 9.78 Å². The summed E-state index contributed by atoms with van der Waals surface area (Å²) in [5.74, 6) is 3.25. The molecule has 0 unspecified atom stereocenters. The Labute approximate surface area is 220 Å². The number of hydrogen-bond acceptors (Lipinski definition) is 6. The van der Waals surface area contributed by atoms with Crippen LogP contribution in [0.15, 0.2) is 85.1 Å². The first-order valence-corrected chi connectivity index (χ1v) is 12.2. The van der Waals surface area contributed by atoms with Crippen molar-refractivity contribution in [2.24, 2.45) is 0 Å². The smallest absolute Gasteiger partial charge is 0.224 e. The van der Waals surface area contributed by atoms with Crippen LogP contribution >= 0.6 is 0 Å². The lowest BCUT2D eigenvalue weighted by Gasteiger charge is -2.13. The van der Waals surface area contributed by atoms with Crippen molar-refractivity contribution in [1.29, 1.82) is 0 Å². The molecule has 0 fully saturated rings. The van der Waals surface area contributed by atoms with Crippen LogP contribution in [0.25, 0.3) is 21.7 Å². The third kappa shape index (κ3) is 5.32. The number of aryl methyl sites for hydroxylation is 1. The maximum absolute atomic E-state index is 12.7. The summed E-state index contributed by atoms with van der Waals surface area (Å²) in [5, 5.41) is 5.80. The van der Waals surface area contributed by atoms with E-state index >= 15 is 0 Å². The number of ether oxygens (including phenoxy) is 4. The van der Waals surface area contributed by atoms with Gasteiger partial charge >= 0.3 is 0 Å². The van der Waals surface area contributed by atoms with E-state index in [1.807, 2.05) is 78.9 Å². The van der Waals surface area contributed by atoms with E-state index in [0.29, 0.717) is 35.8 Å². The van der Waals surface area contributed by atoms with E-state index in [0.717, 1.165) is 38.7 Å². The number of hydrogen-bond donors (Lipinski definition) is 1. The number of rotatable bonds is 9. The molecule has 7 nitrogen and oxygen atoms in total. The second-order valence-electron chi connectivity index (χ2n) is 8.72. The number of carbonyl (C=O) groups is 1. The van der Waals surface area contributed by atoms with Crippen molar-refractivity contribution in [3.63, 3.8) is 0 Å². The Morgan fingerprint density at radius 3 is 2.34 bits per heavy atom. The molecule has 1 aromatic heterocycles. The van der Waals surface area contributed by atoms with Crippen LogP contribution in [0.1, 0.15) is 12.0 Å². The molecule has 0 aliphatic rings. The summed E-state index contributed by atoms with van der Waals surface area (Å²) in [7, 11) is 4.83. The fourth-order valence-corrected chi connectivity index (χ4v) is 4.41. The van der Waals surface area contributed by atoms with Crippen molar-refractivity contribution in [2.45, 2.75) is 12.8 Å². The quantitative estimate of drug-likeness (QED) is 0.237. The van der Waals surface area contributed by atoms with E-state index in [9.17, 15) is 4.79 Å². The van der Waals surface area contributed by atoms with E-state index in [-0.39, 0.29) is 5.91 Å². The molecule has 38 heavy (non-hydrogen) atoms. The predicted octanol–water partition coefficient (Wildman–Crippen LogP) is 6.78. The van der Waals surface area contributed by atoms with Gasteiger partial charge in [0.05, 0.1) is 26.8 Å². The van der Waals surface area contributed by atoms with Gasteiger partial charge in [-0.1, -0.05) is 30.3 Å². The monoisotopic (exact) mass is 508 g/mol. The zero-order valence-corrected chi connectivity index (χ0v) is 21.5. The summed E-state index contributed by atoms with van der Waals surface area (Å²) in [4.78, 5) is 17.1. The van der Waals surface area contributed by atoms with Gasteiger partial charge in [0.2, 0.25) is 5.91 Å². The molecule has 0 aliphatic heterocycles. The molecule has 1 amide bonds. The summed E-state index contributed by atoms with van der Waals surface area (Å²) < 4.78 is 22.5. The van der Waals surface area contributed by atoms with Gasteiger partial charge < -0.3 is 24.3 Å². The van der Waals surface area contributed by atoms with Crippen LogP contribution in [0.5, 0.6) is 28.7 Å². The van der Waals surface area contributed by atoms with Crippen molar-refractivity contribution in [1.82, 2.24) is 4.98 Å². The number of para-hydroxylation sites is 1. The molecule has 0 saturated heterocycles. The molecule has 0 aliphatic carbocycles. The Hall–Kier alpha value is -4.78. The number of nitrogens with one attached hydrogen (secondary N) is 1. The molecular formula is C31H28N2O5. The van der Waals surface area contributed by atoms with Crippen LogP contribution in [-0.4, -0.2) is 32.2 Å². The van der Waals surface area contributed by atoms with E-state index in [4.69, 9.17) is 18.9 Å². The molecule has 1 heterocycles. The van der Waals surface area contributed by atoms with E-state index in [1.54, 1.807) is 27.5 Å². The zero-order valence-electron chi connectivity index (χ0n) is 21.5. The van der Waals surface area contributed by atoms with Gasteiger partial charge in [0.1, 0.15) is 17.2 Å². The molecule has 5 rings (SSSR count). The van der Waals surface area contributed by atoms with Crippen molar-refractivity contribution in [3.05, 3.63) is 90.6 Å². The second kappa shape index (κ2) is 11.1. The topological polar surface area (TPSA) is 78.9 Å². The Bertz CT molecular complexity index is 1620. The van der Waals surface area contributed by atoms with Gasteiger partial charge in [0.25, 0.3) is 0 Å². The number of methoxy groups -OCH3 is 3.